The van der Waals surface area contributed by atoms with Crippen molar-refractivity contribution < 1.29 is 13.6 Å². The van der Waals surface area contributed by atoms with Crippen LogP contribution in [0.2, 0.25) is 0 Å². The van der Waals surface area contributed by atoms with Gasteiger partial charge in [-0.3, -0.25) is 0 Å². The van der Waals surface area contributed by atoms with Gasteiger partial charge in [-0.15, -0.1) is 0 Å². The van der Waals surface area contributed by atoms with E-state index in [1.807, 2.05) is 6.07 Å². The van der Waals surface area contributed by atoms with E-state index in [0.29, 0.717) is 0 Å². The number of hydrogen-bond donors (Lipinski definition) is 0. The van der Waals surface area contributed by atoms with Crippen LogP contribution in [0, 0.1) is 0 Å². The SMILES string of the molecule is C=C1c2ccc(-c3ccccc3)cc2-c2cccc[n+]2CCc2ccc3c(oc4ccccc43)c2-c2cccc[n+]21. The molecule has 0 amide bonds. The fourth-order valence-electron chi connectivity index (χ4n) is 6.31. The van der Waals surface area contributed by atoms with Crippen LogP contribution < -0.4 is 9.13 Å². The maximum Gasteiger partial charge on any atom is 0.222 e. The largest absolute Gasteiger partial charge is 0.455 e. The lowest BCUT2D eigenvalue weighted by Gasteiger charge is -2.12. The highest BCUT2D eigenvalue weighted by atomic mass is 16.3. The van der Waals surface area contributed by atoms with E-state index in [1.54, 1.807) is 0 Å². The molecule has 1 aliphatic rings. The smallest absolute Gasteiger partial charge is 0.222 e. The fourth-order valence-corrected chi connectivity index (χ4v) is 6.31. The summed E-state index contributed by atoms with van der Waals surface area (Å²) >= 11 is 0. The molecule has 0 bridgehead atoms. The Balaban J connectivity index is 1.43. The average Bonchev–Trinajstić information content (AvgIpc) is 3.41. The van der Waals surface area contributed by atoms with E-state index in [2.05, 4.69) is 137 Å². The highest BCUT2D eigenvalue weighted by Crippen LogP contribution is 2.39. The lowest BCUT2D eigenvalue weighted by molar-refractivity contribution is -0.685. The number of para-hydroxylation sites is 1. The van der Waals surface area contributed by atoms with Crippen LogP contribution in [0.1, 0.15) is 11.1 Å². The quantitative estimate of drug-likeness (QED) is 0.197. The summed E-state index contributed by atoms with van der Waals surface area (Å²) in [7, 11) is 0. The van der Waals surface area contributed by atoms with Gasteiger partial charge in [-0.25, -0.2) is 0 Å². The summed E-state index contributed by atoms with van der Waals surface area (Å²) in [5.74, 6) is 0. The van der Waals surface area contributed by atoms with Crippen LogP contribution >= 0.6 is 0 Å². The highest BCUT2D eigenvalue weighted by molar-refractivity contribution is 6.09. The molecule has 4 heterocycles. The molecule has 3 nitrogen and oxygen atoms in total. The van der Waals surface area contributed by atoms with E-state index < -0.39 is 0 Å². The van der Waals surface area contributed by atoms with Gasteiger partial charge in [-0.2, -0.15) is 9.13 Å². The Morgan fingerprint density at radius 3 is 2.29 bits per heavy atom. The zero-order chi connectivity index (χ0) is 27.3. The molecule has 0 unspecified atom stereocenters. The molecule has 4 aromatic carbocycles. The molecule has 0 aliphatic carbocycles. The Bertz CT molecular complexity index is 2120. The predicted octanol–water partition coefficient (Wildman–Crippen LogP) is 8.24. The van der Waals surface area contributed by atoms with Crippen molar-refractivity contribution in [1.82, 2.24) is 0 Å². The minimum Gasteiger partial charge on any atom is -0.455 e. The minimum absolute atomic E-state index is 0.837. The zero-order valence-corrected chi connectivity index (χ0v) is 22.6. The summed E-state index contributed by atoms with van der Waals surface area (Å²) in [5.41, 5.74) is 12.0. The predicted molar refractivity (Wildman–Crippen MR) is 165 cm³/mol. The van der Waals surface area contributed by atoms with Gasteiger partial charge in [-0.05, 0) is 53.6 Å². The fraction of sp³-hybridized carbons (Fsp3) is 0.0526. The van der Waals surface area contributed by atoms with Gasteiger partial charge in [0.1, 0.15) is 11.2 Å². The first-order chi connectivity index (χ1) is 20.3. The molecule has 3 heteroatoms. The first kappa shape index (κ1) is 23.6. The summed E-state index contributed by atoms with van der Waals surface area (Å²) in [6, 6.07) is 43.0. The molecule has 41 heavy (non-hydrogen) atoms. The Morgan fingerprint density at radius 1 is 0.610 bits per heavy atom. The van der Waals surface area contributed by atoms with Gasteiger partial charge in [0, 0.05) is 41.5 Å². The van der Waals surface area contributed by atoms with E-state index in [1.165, 1.54) is 27.9 Å². The Hall–Kier alpha value is -5.28. The second-order valence-electron chi connectivity index (χ2n) is 10.6. The van der Waals surface area contributed by atoms with E-state index in [-0.39, 0.29) is 0 Å². The summed E-state index contributed by atoms with van der Waals surface area (Å²) in [6.07, 6.45) is 5.17. The maximum absolute atomic E-state index is 6.60. The molecule has 0 radical (unpaired) electrons. The van der Waals surface area contributed by atoms with Crippen LogP contribution in [0.3, 0.4) is 0 Å². The number of hydrogen-bond acceptors (Lipinski definition) is 1. The van der Waals surface area contributed by atoms with Crippen LogP contribution in [-0.2, 0) is 13.0 Å². The molecule has 0 saturated heterocycles. The molecule has 0 atom stereocenters. The van der Waals surface area contributed by atoms with Gasteiger partial charge >= 0.3 is 0 Å². The number of pyridine rings is 2. The van der Waals surface area contributed by atoms with Crippen molar-refractivity contribution in [2.45, 2.75) is 13.0 Å². The lowest BCUT2D eigenvalue weighted by Crippen LogP contribution is -2.37. The topological polar surface area (TPSA) is 20.9 Å². The molecule has 0 saturated carbocycles. The molecule has 194 valence electrons. The Labute approximate surface area is 238 Å². The first-order valence-corrected chi connectivity index (χ1v) is 14.1. The van der Waals surface area contributed by atoms with E-state index in [0.717, 1.165) is 57.4 Å². The molecule has 0 spiro atoms. The minimum atomic E-state index is 0.837. The molecule has 1 aliphatic heterocycles. The third-order valence-electron chi connectivity index (χ3n) is 8.32. The van der Waals surface area contributed by atoms with Gasteiger partial charge in [0.15, 0.2) is 18.9 Å². The van der Waals surface area contributed by atoms with Crippen LogP contribution in [0.4, 0.5) is 0 Å². The van der Waals surface area contributed by atoms with Crippen LogP contribution in [0.25, 0.3) is 61.3 Å². The zero-order valence-electron chi connectivity index (χ0n) is 22.6. The summed E-state index contributed by atoms with van der Waals surface area (Å²) in [5, 5.41) is 2.27. The van der Waals surface area contributed by atoms with Gasteiger partial charge < -0.3 is 4.42 Å². The van der Waals surface area contributed by atoms with Crippen molar-refractivity contribution in [3.63, 3.8) is 0 Å². The first-order valence-electron chi connectivity index (χ1n) is 14.1. The number of benzene rings is 4. The monoisotopic (exact) mass is 528 g/mol. The molecular formula is C38H28N2O+2. The number of furan rings is 1. The van der Waals surface area contributed by atoms with Crippen LogP contribution in [0.5, 0.6) is 0 Å². The van der Waals surface area contributed by atoms with Crippen molar-refractivity contribution >= 4 is 27.6 Å². The number of aryl methyl sites for hydroxylation is 2. The van der Waals surface area contributed by atoms with Gasteiger partial charge in [0.05, 0.1) is 16.7 Å². The molecule has 3 aromatic heterocycles. The standard InChI is InChI=1S/C38H28N2O/c1-26-30-19-18-29(27-11-3-2-4-12-27)25-33(30)34-14-7-9-22-39(34)24-21-28-17-20-32-31-13-5-6-16-36(31)41-38(32)37(28)35-15-8-10-23-40(26)35/h2-20,22-23,25H,1,21,24H2/q+2. The molecular weight excluding hydrogens is 500 g/mol. The molecule has 7 aromatic rings. The van der Waals surface area contributed by atoms with Crippen molar-refractivity contribution in [1.29, 1.82) is 0 Å². The third kappa shape index (κ3) is 3.81. The van der Waals surface area contributed by atoms with E-state index >= 15 is 0 Å². The van der Waals surface area contributed by atoms with Crippen molar-refractivity contribution in [3.8, 4) is 33.6 Å². The maximum atomic E-state index is 6.60. The molecule has 0 N–H and O–H groups in total. The number of aromatic nitrogens is 2. The van der Waals surface area contributed by atoms with Crippen LogP contribution in [-0.4, -0.2) is 0 Å². The van der Waals surface area contributed by atoms with Crippen LogP contribution in [0.15, 0.2) is 145 Å². The summed E-state index contributed by atoms with van der Waals surface area (Å²) < 4.78 is 11.2. The van der Waals surface area contributed by atoms with Gasteiger partial charge in [0.25, 0.3) is 0 Å². The van der Waals surface area contributed by atoms with Gasteiger partial charge in [-0.1, -0.05) is 66.7 Å². The molecule has 8 rings (SSSR count). The normalized spacial score (nSPS) is 12.7. The second kappa shape index (κ2) is 9.42. The average molecular weight is 529 g/mol. The summed E-state index contributed by atoms with van der Waals surface area (Å²) in [6.45, 7) is 5.53. The van der Waals surface area contributed by atoms with Gasteiger partial charge in [0.2, 0.25) is 17.1 Å². The number of rotatable bonds is 1. The number of nitrogens with zero attached hydrogens (tertiary/aromatic N) is 2. The molecule has 0 fully saturated rings. The second-order valence-corrected chi connectivity index (χ2v) is 10.6. The van der Waals surface area contributed by atoms with E-state index in [9.17, 15) is 0 Å². The lowest BCUT2D eigenvalue weighted by atomic mass is 9.95. The number of fused-ring (bicyclic) bond motifs is 10. The van der Waals surface area contributed by atoms with E-state index in [4.69, 9.17) is 11.0 Å². The van der Waals surface area contributed by atoms with Crippen molar-refractivity contribution in [3.05, 3.63) is 151 Å². The van der Waals surface area contributed by atoms with Crippen molar-refractivity contribution in [2.24, 2.45) is 0 Å². The summed E-state index contributed by atoms with van der Waals surface area (Å²) in [4.78, 5) is 0. The third-order valence-corrected chi connectivity index (χ3v) is 8.32. The highest BCUT2D eigenvalue weighted by Gasteiger charge is 2.29. The van der Waals surface area contributed by atoms with Crippen molar-refractivity contribution in [2.75, 3.05) is 0 Å². The Morgan fingerprint density at radius 2 is 1.39 bits per heavy atom. The Kier molecular flexibility index (Phi) is 5.42.